The van der Waals surface area contributed by atoms with Gasteiger partial charge in [0.2, 0.25) is 0 Å². The van der Waals surface area contributed by atoms with E-state index >= 15 is 0 Å². The van der Waals surface area contributed by atoms with Gasteiger partial charge in [-0.25, -0.2) is 0 Å². The van der Waals surface area contributed by atoms with E-state index < -0.39 is 11.5 Å². The lowest BCUT2D eigenvalue weighted by atomic mass is 9.49. The van der Waals surface area contributed by atoms with Gasteiger partial charge in [0.05, 0.1) is 0 Å². The molecule has 0 amide bonds. The third kappa shape index (κ3) is 1.92. The van der Waals surface area contributed by atoms with Crippen LogP contribution < -0.4 is 0 Å². The first kappa shape index (κ1) is 17.7. The average molecular weight is 360 g/mol. The van der Waals surface area contributed by atoms with Crippen molar-refractivity contribution < 1.29 is 24.5 Å². The molecule has 0 aromatic heterocycles. The highest BCUT2D eigenvalue weighted by atomic mass is 16.6. The first-order valence-electron chi connectivity index (χ1n) is 9.50. The minimum absolute atomic E-state index is 0.0380. The molecule has 1 aromatic rings. The van der Waals surface area contributed by atoms with E-state index in [0.29, 0.717) is 17.5 Å². The standard InChI is InChI=1S/C21H28O5/c1-10(2)11-9-12-13(15(23)14(11)22)21-8-6-7-20(3,4)18(21)17(16(12)25-5)26-19(21)24/h9-10,16-18,22-23H,6-8H2,1-5H3/t16-,17+,18?,21-/m0/s1. The number of ether oxygens (including phenoxy) is 2. The fraction of sp³-hybridized carbons (Fsp3) is 0.667. The Hall–Kier alpha value is -1.75. The largest absolute Gasteiger partial charge is 0.504 e. The molecule has 2 bridgehead atoms. The number of hydrogen-bond donors (Lipinski definition) is 2. The van der Waals surface area contributed by atoms with Crippen LogP contribution in [0.3, 0.4) is 0 Å². The number of hydrogen-bond acceptors (Lipinski definition) is 5. The van der Waals surface area contributed by atoms with Gasteiger partial charge in [-0.3, -0.25) is 4.79 Å². The Bertz CT molecular complexity index is 781. The number of esters is 1. The van der Waals surface area contributed by atoms with Gasteiger partial charge in [-0.1, -0.05) is 34.1 Å². The Labute approximate surface area is 154 Å². The molecule has 2 aliphatic carbocycles. The topological polar surface area (TPSA) is 76.0 Å². The second-order valence-corrected chi connectivity index (χ2v) is 9.10. The van der Waals surface area contributed by atoms with E-state index in [1.807, 2.05) is 19.9 Å². The molecule has 26 heavy (non-hydrogen) atoms. The van der Waals surface area contributed by atoms with Crippen LogP contribution in [0.1, 0.15) is 75.7 Å². The number of methoxy groups -OCH3 is 1. The number of fused-ring (bicyclic) bond motifs is 1. The smallest absolute Gasteiger partial charge is 0.317 e. The van der Waals surface area contributed by atoms with Crippen molar-refractivity contribution in [1.82, 2.24) is 0 Å². The summed E-state index contributed by atoms with van der Waals surface area (Å²) in [6.45, 7) is 8.26. The van der Waals surface area contributed by atoms with E-state index in [0.717, 1.165) is 18.4 Å². The van der Waals surface area contributed by atoms with Crippen LogP contribution in [0.4, 0.5) is 0 Å². The van der Waals surface area contributed by atoms with Crippen LogP contribution in [-0.2, 0) is 19.7 Å². The van der Waals surface area contributed by atoms with Gasteiger partial charge in [-0.05, 0) is 35.8 Å². The number of carbonyl (C=O) groups is 1. The van der Waals surface area contributed by atoms with Crippen molar-refractivity contribution in [3.63, 3.8) is 0 Å². The van der Waals surface area contributed by atoms with Crippen LogP contribution in [0, 0.1) is 11.3 Å². The highest BCUT2D eigenvalue weighted by molar-refractivity contribution is 5.90. The summed E-state index contributed by atoms with van der Waals surface area (Å²) in [4.78, 5) is 13.1. The second kappa shape index (κ2) is 5.38. The number of carbonyl (C=O) groups excluding carboxylic acids is 1. The maximum atomic E-state index is 13.1. The Morgan fingerprint density at radius 1 is 1.23 bits per heavy atom. The molecule has 5 heteroatoms. The molecule has 1 aliphatic heterocycles. The van der Waals surface area contributed by atoms with E-state index in [-0.39, 0.29) is 40.8 Å². The molecule has 1 aromatic carbocycles. The third-order valence-corrected chi connectivity index (χ3v) is 6.96. The first-order valence-corrected chi connectivity index (χ1v) is 9.50. The summed E-state index contributed by atoms with van der Waals surface area (Å²) in [5.41, 5.74) is 0.968. The number of phenolic OH excluding ortho intramolecular Hbond substituents is 2. The van der Waals surface area contributed by atoms with Crippen molar-refractivity contribution in [2.24, 2.45) is 11.3 Å². The lowest BCUT2D eigenvalue weighted by Crippen LogP contribution is -2.54. The lowest BCUT2D eigenvalue weighted by Gasteiger charge is -2.52. The summed E-state index contributed by atoms with van der Waals surface area (Å²) in [7, 11) is 1.61. The fourth-order valence-corrected chi connectivity index (χ4v) is 5.94. The molecule has 1 heterocycles. The zero-order valence-corrected chi connectivity index (χ0v) is 16.1. The van der Waals surface area contributed by atoms with Crippen molar-refractivity contribution in [3.05, 3.63) is 22.8 Å². The molecule has 0 spiro atoms. The predicted molar refractivity (Wildman–Crippen MR) is 96.3 cm³/mol. The number of benzene rings is 1. The van der Waals surface area contributed by atoms with E-state index in [9.17, 15) is 15.0 Å². The molecule has 142 valence electrons. The molecule has 4 atom stereocenters. The summed E-state index contributed by atoms with van der Waals surface area (Å²) in [5, 5.41) is 21.7. The lowest BCUT2D eigenvalue weighted by molar-refractivity contribution is -0.149. The number of phenols is 2. The van der Waals surface area contributed by atoms with Crippen molar-refractivity contribution in [2.75, 3.05) is 7.11 Å². The van der Waals surface area contributed by atoms with Crippen LogP contribution in [-0.4, -0.2) is 29.4 Å². The quantitative estimate of drug-likeness (QED) is 0.618. The van der Waals surface area contributed by atoms with E-state index in [4.69, 9.17) is 9.47 Å². The molecule has 3 aliphatic rings. The van der Waals surface area contributed by atoms with Gasteiger partial charge in [0, 0.05) is 24.2 Å². The molecule has 1 saturated carbocycles. The van der Waals surface area contributed by atoms with Crippen molar-refractivity contribution in [3.8, 4) is 11.5 Å². The van der Waals surface area contributed by atoms with Crippen LogP contribution in [0.5, 0.6) is 11.5 Å². The average Bonchev–Trinajstić information content (AvgIpc) is 2.81. The van der Waals surface area contributed by atoms with Crippen molar-refractivity contribution in [1.29, 1.82) is 0 Å². The zero-order valence-electron chi connectivity index (χ0n) is 16.1. The molecule has 1 unspecified atom stereocenters. The summed E-state index contributed by atoms with van der Waals surface area (Å²) in [5.74, 6) is -0.621. The Morgan fingerprint density at radius 2 is 1.92 bits per heavy atom. The van der Waals surface area contributed by atoms with E-state index in [1.165, 1.54) is 0 Å². The molecule has 5 nitrogen and oxygen atoms in total. The van der Waals surface area contributed by atoms with Crippen LogP contribution in [0.25, 0.3) is 0 Å². The minimum atomic E-state index is -0.895. The van der Waals surface area contributed by atoms with Crippen LogP contribution in [0.15, 0.2) is 6.07 Å². The normalized spacial score (nSPS) is 34.4. The van der Waals surface area contributed by atoms with Gasteiger partial charge in [-0.2, -0.15) is 0 Å². The molecule has 1 saturated heterocycles. The minimum Gasteiger partial charge on any atom is -0.504 e. The summed E-state index contributed by atoms with van der Waals surface area (Å²) in [6, 6.07) is 1.90. The van der Waals surface area contributed by atoms with Crippen LogP contribution in [0.2, 0.25) is 0 Å². The molecule has 2 N–H and O–H groups in total. The third-order valence-electron chi connectivity index (χ3n) is 6.96. The first-order chi connectivity index (χ1) is 12.2. The SMILES string of the molecule is CO[C@H]1c2cc(C(C)C)c(O)c(O)c2[C@@]23CCCC(C)(C)C2[C@@H]1OC3=O. The zero-order chi connectivity index (χ0) is 19.0. The Balaban J connectivity index is 2.08. The summed E-state index contributed by atoms with van der Waals surface area (Å²) < 4.78 is 11.7. The van der Waals surface area contributed by atoms with Crippen molar-refractivity contribution in [2.45, 2.75) is 70.5 Å². The van der Waals surface area contributed by atoms with E-state index in [1.54, 1.807) is 7.11 Å². The molecule has 2 fully saturated rings. The van der Waals surface area contributed by atoms with Gasteiger partial charge >= 0.3 is 5.97 Å². The highest BCUT2D eigenvalue weighted by Crippen LogP contribution is 2.67. The van der Waals surface area contributed by atoms with Gasteiger partial charge in [0.1, 0.15) is 17.6 Å². The molecule has 4 rings (SSSR count). The molecular formula is C21H28O5. The highest BCUT2D eigenvalue weighted by Gasteiger charge is 2.70. The second-order valence-electron chi connectivity index (χ2n) is 9.10. The maximum absolute atomic E-state index is 13.1. The van der Waals surface area contributed by atoms with E-state index in [2.05, 4.69) is 13.8 Å². The fourth-order valence-electron chi connectivity index (χ4n) is 5.94. The molecular weight excluding hydrogens is 332 g/mol. The summed E-state index contributed by atoms with van der Waals surface area (Å²) >= 11 is 0. The van der Waals surface area contributed by atoms with Gasteiger partial charge in [0.25, 0.3) is 0 Å². The van der Waals surface area contributed by atoms with Crippen molar-refractivity contribution >= 4 is 5.97 Å². The van der Waals surface area contributed by atoms with Gasteiger partial charge in [0.15, 0.2) is 11.5 Å². The maximum Gasteiger partial charge on any atom is 0.317 e. The Kier molecular flexibility index (Phi) is 3.65. The van der Waals surface area contributed by atoms with Crippen LogP contribution >= 0.6 is 0 Å². The number of aromatic hydroxyl groups is 2. The van der Waals surface area contributed by atoms with Gasteiger partial charge in [-0.15, -0.1) is 0 Å². The molecule has 0 radical (unpaired) electrons. The monoisotopic (exact) mass is 360 g/mol. The summed E-state index contributed by atoms with van der Waals surface area (Å²) in [6.07, 6.45) is 1.72. The number of rotatable bonds is 2. The Morgan fingerprint density at radius 3 is 2.54 bits per heavy atom. The van der Waals surface area contributed by atoms with Gasteiger partial charge < -0.3 is 19.7 Å². The predicted octanol–water partition coefficient (Wildman–Crippen LogP) is 3.91.